The SMILES string of the molecule is Cc1ccc(C=C2SC(=O)N(CNc3ccc(Cl)c(Cl)c3)C2=O)cc1. The third-order valence-electron chi connectivity index (χ3n) is 3.61. The number of hydrogen-bond donors (Lipinski definition) is 1. The van der Waals surface area contributed by atoms with Crippen LogP contribution in [-0.4, -0.2) is 22.7 Å². The number of rotatable bonds is 4. The van der Waals surface area contributed by atoms with E-state index in [1.54, 1.807) is 24.3 Å². The summed E-state index contributed by atoms with van der Waals surface area (Å²) in [6.07, 6.45) is 1.73. The summed E-state index contributed by atoms with van der Waals surface area (Å²) in [6, 6.07) is 12.8. The van der Waals surface area contributed by atoms with Gasteiger partial charge >= 0.3 is 0 Å². The minimum Gasteiger partial charge on any atom is -0.367 e. The van der Waals surface area contributed by atoms with E-state index in [0.29, 0.717) is 20.6 Å². The molecule has 0 saturated carbocycles. The van der Waals surface area contributed by atoms with Gasteiger partial charge in [-0.1, -0.05) is 53.0 Å². The zero-order valence-corrected chi connectivity index (χ0v) is 15.6. The van der Waals surface area contributed by atoms with Crippen molar-refractivity contribution < 1.29 is 9.59 Å². The van der Waals surface area contributed by atoms with Gasteiger partial charge in [-0.2, -0.15) is 0 Å². The largest absolute Gasteiger partial charge is 0.367 e. The molecule has 1 fully saturated rings. The van der Waals surface area contributed by atoms with E-state index in [1.807, 2.05) is 31.2 Å². The van der Waals surface area contributed by atoms with Gasteiger partial charge in [0.1, 0.15) is 0 Å². The molecule has 2 aromatic carbocycles. The van der Waals surface area contributed by atoms with Crippen molar-refractivity contribution in [2.75, 3.05) is 12.0 Å². The smallest absolute Gasteiger partial charge is 0.295 e. The molecule has 3 rings (SSSR count). The highest BCUT2D eigenvalue weighted by Gasteiger charge is 2.34. The first-order valence-electron chi connectivity index (χ1n) is 7.45. The molecular formula is C18H14Cl2N2O2S. The van der Waals surface area contributed by atoms with Crippen LogP contribution < -0.4 is 5.32 Å². The number of carbonyl (C=O) groups is 2. The maximum Gasteiger partial charge on any atom is 0.295 e. The van der Waals surface area contributed by atoms with E-state index >= 15 is 0 Å². The van der Waals surface area contributed by atoms with E-state index < -0.39 is 0 Å². The Morgan fingerprint density at radius 1 is 1.08 bits per heavy atom. The fraction of sp³-hybridized carbons (Fsp3) is 0.111. The van der Waals surface area contributed by atoms with Crippen LogP contribution in [0.1, 0.15) is 11.1 Å². The molecule has 1 heterocycles. The van der Waals surface area contributed by atoms with Gasteiger partial charge in [-0.15, -0.1) is 0 Å². The topological polar surface area (TPSA) is 49.4 Å². The normalized spacial score (nSPS) is 16.0. The van der Waals surface area contributed by atoms with Crippen LogP contribution >= 0.6 is 35.0 Å². The quantitative estimate of drug-likeness (QED) is 0.706. The van der Waals surface area contributed by atoms with E-state index in [1.165, 1.54) is 0 Å². The number of imide groups is 1. The minimum absolute atomic E-state index is 0.0634. The van der Waals surface area contributed by atoms with Gasteiger partial charge in [0.15, 0.2) is 0 Å². The molecule has 0 aliphatic carbocycles. The van der Waals surface area contributed by atoms with Gasteiger partial charge < -0.3 is 5.32 Å². The van der Waals surface area contributed by atoms with E-state index in [2.05, 4.69) is 5.32 Å². The van der Waals surface area contributed by atoms with E-state index in [0.717, 1.165) is 27.8 Å². The second-order valence-corrected chi connectivity index (χ2v) is 7.29. The van der Waals surface area contributed by atoms with E-state index in [9.17, 15) is 9.59 Å². The molecule has 0 aromatic heterocycles. The number of nitrogens with zero attached hydrogens (tertiary/aromatic N) is 1. The van der Waals surface area contributed by atoms with Crippen LogP contribution in [0.25, 0.3) is 6.08 Å². The summed E-state index contributed by atoms with van der Waals surface area (Å²) in [4.78, 5) is 26.1. The molecule has 1 aliphatic rings. The molecule has 4 nitrogen and oxygen atoms in total. The zero-order chi connectivity index (χ0) is 18.0. The van der Waals surface area contributed by atoms with Gasteiger partial charge in [0.05, 0.1) is 21.6 Å². The minimum atomic E-state index is -0.317. The Labute approximate surface area is 159 Å². The second kappa shape index (κ2) is 7.52. The molecule has 2 aromatic rings. The van der Waals surface area contributed by atoms with Crippen molar-refractivity contribution in [3.05, 3.63) is 68.5 Å². The molecule has 25 heavy (non-hydrogen) atoms. The lowest BCUT2D eigenvalue weighted by Gasteiger charge is -2.14. The highest BCUT2D eigenvalue weighted by molar-refractivity contribution is 8.18. The predicted octanol–water partition coefficient (Wildman–Crippen LogP) is 5.41. The van der Waals surface area contributed by atoms with Crippen molar-refractivity contribution in [1.82, 2.24) is 4.90 Å². The van der Waals surface area contributed by atoms with Gasteiger partial charge in [-0.05, 0) is 48.5 Å². The molecule has 1 aliphatic heterocycles. The molecule has 0 atom stereocenters. The lowest BCUT2D eigenvalue weighted by atomic mass is 10.1. The van der Waals surface area contributed by atoms with Gasteiger partial charge in [0.2, 0.25) is 0 Å². The summed E-state index contributed by atoms with van der Waals surface area (Å²) in [5.74, 6) is -0.317. The average Bonchev–Trinajstić information content (AvgIpc) is 2.84. The average molecular weight is 393 g/mol. The summed E-state index contributed by atoms with van der Waals surface area (Å²) in [5, 5.41) is 3.55. The molecule has 0 bridgehead atoms. The molecule has 1 saturated heterocycles. The summed E-state index contributed by atoms with van der Waals surface area (Å²) in [5.41, 5.74) is 2.69. The van der Waals surface area contributed by atoms with Crippen LogP contribution in [0.4, 0.5) is 10.5 Å². The Morgan fingerprint density at radius 2 is 1.80 bits per heavy atom. The van der Waals surface area contributed by atoms with Crippen LogP contribution in [0.2, 0.25) is 10.0 Å². The lowest BCUT2D eigenvalue weighted by Crippen LogP contribution is -2.33. The molecule has 0 spiro atoms. The second-order valence-electron chi connectivity index (χ2n) is 5.48. The first kappa shape index (κ1) is 17.9. The molecule has 0 radical (unpaired) electrons. The zero-order valence-electron chi connectivity index (χ0n) is 13.3. The third-order valence-corrected chi connectivity index (χ3v) is 5.26. The van der Waals surface area contributed by atoms with E-state index in [-0.39, 0.29) is 17.8 Å². The number of anilines is 1. The van der Waals surface area contributed by atoms with Gasteiger partial charge in [0, 0.05) is 5.69 Å². The van der Waals surface area contributed by atoms with Crippen molar-refractivity contribution in [2.24, 2.45) is 0 Å². The molecule has 7 heteroatoms. The van der Waals surface area contributed by atoms with E-state index in [4.69, 9.17) is 23.2 Å². The number of thioether (sulfide) groups is 1. The van der Waals surface area contributed by atoms with Crippen LogP contribution in [0.5, 0.6) is 0 Å². The Hall–Kier alpha value is -1.95. The number of nitrogens with one attached hydrogen (secondary N) is 1. The van der Waals surface area contributed by atoms with Crippen LogP contribution in [0, 0.1) is 6.92 Å². The number of halogens is 2. The highest BCUT2D eigenvalue weighted by Crippen LogP contribution is 2.32. The highest BCUT2D eigenvalue weighted by atomic mass is 35.5. The number of carbonyl (C=O) groups excluding carboxylic acids is 2. The van der Waals surface area contributed by atoms with Gasteiger partial charge in [-0.3, -0.25) is 14.5 Å². The standard InChI is InChI=1S/C18H14Cl2N2O2S/c1-11-2-4-12(5-3-11)8-16-17(23)22(18(24)25-16)10-21-13-6-7-14(19)15(20)9-13/h2-9,21H,10H2,1H3. The molecular weight excluding hydrogens is 379 g/mol. The van der Waals surface area contributed by atoms with Crippen LogP contribution in [-0.2, 0) is 4.79 Å². The fourth-order valence-electron chi connectivity index (χ4n) is 2.23. The first-order chi connectivity index (χ1) is 11.9. The molecule has 1 N–H and O–H groups in total. The Bertz CT molecular complexity index is 866. The summed E-state index contributed by atoms with van der Waals surface area (Å²) in [7, 11) is 0. The Morgan fingerprint density at radius 3 is 2.48 bits per heavy atom. The summed E-state index contributed by atoms with van der Waals surface area (Å²) in [6.45, 7) is 2.06. The van der Waals surface area contributed by atoms with Crippen molar-refractivity contribution in [1.29, 1.82) is 0 Å². The number of hydrogen-bond acceptors (Lipinski definition) is 4. The van der Waals surface area contributed by atoms with Crippen molar-refractivity contribution in [2.45, 2.75) is 6.92 Å². The molecule has 2 amide bonds. The monoisotopic (exact) mass is 392 g/mol. The van der Waals surface area contributed by atoms with Crippen molar-refractivity contribution in [3.8, 4) is 0 Å². The third kappa shape index (κ3) is 4.18. The van der Waals surface area contributed by atoms with Crippen molar-refractivity contribution >= 4 is 57.9 Å². The fourth-order valence-corrected chi connectivity index (χ4v) is 3.36. The number of aryl methyl sites for hydroxylation is 1. The molecule has 128 valence electrons. The Kier molecular flexibility index (Phi) is 5.37. The van der Waals surface area contributed by atoms with Crippen molar-refractivity contribution in [3.63, 3.8) is 0 Å². The Balaban J connectivity index is 1.70. The number of benzene rings is 2. The maximum absolute atomic E-state index is 12.5. The molecule has 0 unspecified atom stereocenters. The van der Waals surface area contributed by atoms with Gasteiger partial charge in [-0.25, -0.2) is 0 Å². The lowest BCUT2D eigenvalue weighted by molar-refractivity contribution is -0.122. The number of amides is 2. The van der Waals surface area contributed by atoms with Gasteiger partial charge in [0.25, 0.3) is 11.1 Å². The van der Waals surface area contributed by atoms with Crippen LogP contribution in [0.3, 0.4) is 0 Å². The summed E-state index contributed by atoms with van der Waals surface area (Å²) < 4.78 is 0. The van der Waals surface area contributed by atoms with Crippen LogP contribution in [0.15, 0.2) is 47.4 Å². The maximum atomic E-state index is 12.5. The summed E-state index contributed by atoms with van der Waals surface area (Å²) >= 11 is 12.8. The first-order valence-corrected chi connectivity index (χ1v) is 9.02. The predicted molar refractivity (Wildman–Crippen MR) is 104 cm³/mol.